The predicted molar refractivity (Wildman–Crippen MR) is 153 cm³/mol. The molecule has 0 aliphatic rings. The molecule has 0 saturated carbocycles. The van der Waals surface area contributed by atoms with Crippen molar-refractivity contribution in [3.8, 4) is 6.07 Å². The van der Waals surface area contributed by atoms with Gasteiger partial charge in [-0.05, 0) is 79.2 Å². The van der Waals surface area contributed by atoms with Crippen LogP contribution in [0.2, 0.25) is 0 Å². The normalized spacial score (nSPS) is 11.1. The number of nitrogens with one attached hydrogen (secondary N) is 3. The van der Waals surface area contributed by atoms with Gasteiger partial charge in [0, 0.05) is 28.2 Å². The topological polar surface area (TPSA) is 107 Å². The van der Waals surface area contributed by atoms with E-state index in [1.165, 1.54) is 23.5 Å². The molecule has 1 aromatic heterocycles. The molecule has 0 bridgehead atoms. The number of rotatable bonds is 6. The first kappa shape index (κ1) is 27.4. The van der Waals surface area contributed by atoms with E-state index in [2.05, 4.69) is 27.0 Å². The number of amides is 2. The zero-order valence-corrected chi connectivity index (χ0v) is 22.2. The molecule has 0 saturated heterocycles. The van der Waals surface area contributed by atoms with Crippen LogP contribution in [0.5, 0.6) is 0 Å². The minimum Gasteiger partial charge on any atom is -0.331 e. The van der Waals surface area contributed by atoms with E-state index in [1.807, 2.05) is 6.07 Å². The number of carbonyl (C=O) groups is 2. The van der Waals surface area contributed by atoms with Crippen LogP contribution in [0.4, 0.5) is 35.4 Å². The molecule has 5 rings (SSSR count). The summed E-state index contributed by atoms with van der Waals surface area (Å²) in [4.78, 5) is 30.3. The van der Waals surface area contributed by atoms with Crippen LogP contribution in [0.1, 0.15) is 37.4 Å². The second kappa shape index (κ2) is 11.1. The molecule has 0 unspecified atom stereocenters. The Hall–Kier alpha value is -5.21. The monoisotopic (exact) mass is 571 g/mol. The lowest BCUT2D eigenvalue weighted by atomic mass is 10.1. The largest absolute Gasteiger partial charge is 0.416 e. The molecule has 5 aromatic rings. The molecule has 4 aromatic carbocycles. The standard InChI is InChI=1S/C30H20F3N5O2S/c1-17-8-10-23(35-27(39)19-5-3-6-21(13-19)30(31,32)33)15-25(17)37-28(40)20-9-11-24-26(14-20)41-29(38-24)36-22-7-2-4-18(12-22)16-34/h2-15H,1H3,(H,35,39)(H,36,38)(H,37,40). The number of benzene rings is 4. The first-order chi connectivity index (χ1) is 19.6. The maximum atomic E-state index is 13.1. The van der Waals surface area contributed by atoms with Crippen LogP contribution in [-0.4, -0.2) is 16.8 Å². The van der Waals surface area contributed by atoms with Crippen molar-refractivity contribution in [3.63, 3.8) is 0 Å². The second-order valence-corrected chi connectivity index (χ2v) is 10.1. The molecule has 204 valence electrons. The van der Waals surface area contributed by atoms with Crippen molar-refractivity contribution in [2.24, 2.45) is 0 Å². The van der Waals surface area contributed by atoms with Crippen molar-refractivity contribution in [1.29, 1.82) is 5.26 Å². The fourth-order valence-corrected chi connectivity index (χ4v) is 4.90. The third-order valence-corrected chi connectivity index (χ3v) is 7.02. The minimum atomic E-state index is -4.57. The maximum absolute atomic E-state index is 13.1. The van der Waals surface area contributed by atoms with Gasteiger partial charge in [-0.1, -0.05) is 29.5 Å². The van der Waals surface area contributed by atoms with Gasteiger partial charge in [0.2, 0.25) is 0 Å². The van der Waals surface area contributed by atoms with Crippen LogP contribution in [0, 0.1) is 18.3 Å². The van der Waals surface area contributed by atoms with Gasteiger partial charge in [-0.15, -0.1) is 0 Å². The highest BCUT2D eigenvalue weighted by Gasteiger charge is 2.31. The summed E-state index contributed by atoms with van der Waals surface area (Å²) in [5.74, 6) is -1.10. The molecular weight excluding hydrogens is 551 g/mol. The Balaban J connectivity index is 1.30. The third-order valence-electron chi connectivity index (χ3n) is 6.09. The number of thiazole rings is 1. The van der Waals surface area contributed by atoms with Gasteiger partial charge in [0.05, 0.1) is 27.4 Å². The van der Waals surface area contributed by atoms with E-state index in [1.54, 1.807) is 61.5 Å². The number of nitrogens with zero attached hydrogens (tertiary/aromatic N) is 2. The Labute approximate surface area is 236 Å². The van der Waals surface area contributed by atoms with Crippen molar-refractivity contribution >= 4 is 55.6 Å². The molecule has 2 amide bonds. The third kappa shape index (κ3) is 6.34. The van der Waals surface area contributed by atoms with Gasteiger partial charge in [-0.2, -0.15) is 18.4 Å². The number of hydrogen-bond donors (Lipinski definition) is 3. The smallest absolute Gasteiger partial charge is 0.331 e. The molecule has 41 heavy (non-hydrogen) atoms. The van der Waals surface area contributed by atoms with Gasteiger partial charge in [-0.3, -0.25) is 9.59 Å². The summed E-state index contributed by atoms with van der Waals surface area (Å²) >= 11 is 1.35. The van der Waals surface area contributed by atoms with Crippen molar-refractivity contribution < 1.29 is 22.8 Å². The molecule has 1 heterocycles. The number of carbonyl (C=O) groups excluding carboxylic acids is 2. The van der Waals surface area contributed by atoms with Crippen molar-refractivity contribution in [3.05, 3.63) is 113 Å². The molecule has 0 aliphatic heterocycles. The highest BCUT2D eigenvalue weighted by molar-refractivity contribution is 7.22. The van der Waals surface area contributed by atoms with E-state index in [0.717, 1.165) is 28.1 Å². The first-order valence-electron chi connectivity index (χ1n) is 12.2. The number of alkyl halides is 3. The Kier molecular flexibility index (Phi) is 7.42. The van der Waals surface area contributed by atoms with Crippen LogP contribution < -0.4 is 16.0 Å². The lowest BCUT2D eigenvalue weighted by Gasteiger charge is -2.13. The van der Waals surface area contributed by atoms with Gasteiger partial charge in [0.15, 0.2) is 5.13 Å². The molecule has 11 heteroatoms. The van der Waals surface area contributed by atoms with Crippen LogP contribution in [-0.2, 0) is 6.18 Å². The average Bonchev–Trinajstić information content (AvgIpc) is 3.36. The van der Waals surface area contributed by atoms with E-state index in [-0.39, 0.29) is 11.5 Å². The maximum Gasteiger partial charge on any atom is 0.416 e. The number of halogens is 3. The van der Waals surface area contributed by atoms with Gasteiger partial charge in [0.1, 0.15) is 0 Å². The molecule has 3 N–H and O–H groups in total. The van der Waals surface area contributed by atoms with Crippen LogP contribution in [0.25, 0.3) is 10.2 Å². The number of anilines is 4. The number of fused-ring (bicyclic) bond motifs is 1. The molecule has 0 spiro atoms. The number of aromatic nitrogens is 1. The summed E-state index contributed by atoms with van der Waals surface area (Å²) in [6, 6.07) is 23.2. The molecule has 0 radical (unpaired) electrons. The lowest BCUT2D eigenvalue weighted by Crippen LogP contribution is -2.15. The summed E-state index contributed by atoms with van der Waals surface area (Å²) in [5.41, 5.74) is 2.72. The number of hydrogen-bond acceptors (Lipinski definition) is 6. The van der Waals surface area contributed by atoms with Gasteiger partial charge in [-0.25, -0.2) is 4.98 Å². The zero-order chi connectivity index (χ0) is 29.1. The summed E-state index contributed by atoms with van der Waals surface area (Å²) in [7, 11) is 0. The molecule has 0 atom stereocenters. The van der Waals surface area contributed by atoms with Gasteiger partial charge < -0.3 is 16.0 Å². The van der Waals surface area contributed by atoms with E-state index in [9.17, 15) is 22.8 Å². The van der Waals surface area contributed by atoms with Crippen LogP contribution >= 0.6 is 11.3 Å². The Morgan fingerprint density at radius 2 is 1.61 bits per heavy atom. The zero-order valence-electron chi connectivity index (χ0n) is 21.3. The van der Waals surface area contributed by atoms with E-state index >= 15 is 0 Å². The molecule has 0 fully saturated rings. The van der Waals surface area contributed by atoms with Crippen LogP contribution in [0.3, 0.4) is 0 Å². The SMILES string of the molecule is Cc1ccc(NC(=O)c2cccc(C(F)(F)F)c2)cc1NC(=O)c1ccc2nc(Nc3cccc(C#N)c3)sc2c1. The highest BCUT2D eigenvalue weighted by atomic mass is 32.1. The Morgan fingerprint density at radius 3 is 2.39 bits per heavy atom. The molecule has 7 nitrogen and oxygen atoms in total. The fraction of sp³-hybridized carbons (Fsp3) is 0.0667. The Morgan fingerprint density at radius 1 is 0.854 bits per heavy atom. The van der Waals surface area contributed by atoms with E-state index in [4.69, 9.17) is 5.26 Å². The summed E-state index contributed by atoms with van der Waals surface area (Å²) in [6.45, 7) is 1.78. The van der Waals surface area contributed by atoms with Crippen molar-refractivity contribution in [2.75, 3.05) is 16.0 Å². The van der Waals surface area contributed by atoms with Gasteiger partial charge in [0.25, 0.3) is 11.8 Å². The fourth-order valence-electron chi connectivity index (χ4n) is 3.98. The number of nitriles is 1. The molecule has 0 aliphatic carbocycles. The highest BCUT2D eigenvalue weighted by Crippen LogP contribution is 2.31. The number of aryl methyl sites for hydroxylation is 1. The van der Waals surface area contributed by atoms with Crippen molar-refractivity contribution in [2.45, 2.75) is 13.1 Å². The van der Waals surface area contributed by atoms with Crippen molar-refractivity contribution in [1.82, 2.24) is 4.98 Å². The first-order valence-corrected chi connectivity index (χ1v) is 13.0. The average molecular weight is 572 g/mol. The quantitative estimate of drug-likeness (QED) is 0.193. The van der Waals surface area contributed by atoms with E-state index < -0.39 is 17.6 Å². The van der Waals surface area contributed by atoms with Gasteiger partial charge >= 0.3 is 6.18 Å². The molecular formula is C30H20F3N5O2S. The predicted octanol–water partition coefficient (Wildman–Crippen LogP) is 7.74. The van der Waals surface area contributed by atoms with E-state index in [0.29, 0.717) is 33.1 Å². The second-order valence-electron chi connectivity index (χ2n) is 9.04. The Bertz CT molecular complexity index is 1840. The van der Waals surface area contributed by atoms with Crippen LogP contribution in [0.15, 0.2) is 84.9 Å². The summed E-state index contributed by atoms with van der Waals surface area (Å²) < 4.78 is 39.9. The summed E-state index contributed by atoms with van der Waals surface area (Å²) in [5, 5.41) is 18.3. The lowest BCUT2D eigenvalue weighted by molar-refractivity contribution is -0.137. The minimum absolute atomic E-state index is 0.143. The summed E-state index contributed by atoms with van der Waals surface area (Å²) in [6.07, 6.45) is -4.57.